The normalized spacial score (nSPS) is 11.4. The first-order valence-electron chi connectivity index (χ1n) is 8.54. The fourth-order valence-electron chi connectivity index (χ4n) is 2.95. The maximum atomic E-state index is 13.5. The summed E-state index contributed by atoms with van der Waals surface area (Å²) in [5.74, 6) is 0.516. The zero-order valence-corrected chi connectivity index (χ0v) is 20.8. The van der Waals surface area contributed by atoms with Gasteiger partial charge in [0.15, 0.2) is 0 Å². The fourth-order valence-corrected chi connectivity index (χ4v) is 4.41. The molecule has 0 aliphatic rings. The molecule has 0 fully saturated rings. The molecule has 29 heavy (non-hydrogen) atoms. The van der Waals surface area contributed by atoms with Crippen molar-refractivity contribution < 1.29 is 0 Å². The van der Waals surface area contributed by atoms with Crippen LogP contribution < -0.4 is 5.56 Å². The molecule has 0 bridgehead atoms. The molecular formula is C22H12Br2ClIN2O. The summed E-state index contributed by atoms with van der Waals surface area (Å²) in [6.45, 7) is 0. The second-order valence-electron chi connectivity index (χ2n) is 6.22. The van der Waals surface area contributed by atoms with Crippen molar-refractivity contribution in [2.24, 2.45) is 0 Å². The molecule has 4 rings (SSSR count). The minimum atomic E-state index is -0.133. The van der Waals surface area contributed by atoms with Crippen LogP contribution in [-0.2, 0) is 0 Å². The third-order valence-electron chi connectivity index (χ3n) is 4.32. The fraction of sp³-hybridized carbons (Fsp3) is 0. The third-order valence-corrected chi connectivity index (χ3v) is 6.50. The lowest BCUT2D eigenvalue weighted by Crippen LogP contribution is -2.22. The topological polar surface area (TPSA) is 34.9 Å². The van der Waals surface area contributed by atoms with Crippen LogP contribution in [0.1, 0.15) is 11.4 Å². The summed E-state index contributed by atoms with van der Waals surface area (Å²) in [4.78, 5) is 18.2. The van der Waals surface area contributed by atoms with E-state index in [1.54, 1.807) is 4.57 Å². The Labute approximate surface area is 202 Å². The Hall–Kier alpha value is -1.48. The predicted octanol–water partition coefficient (Wildman–Crippen LogP) is 7.34. The van der Waals surface area contributed by atoms with Gasteiger partial charge in [0.25, 0.3) is 5.56 Å². The largest absolute Gasteiger partial charge is 0.268 e. The molecule has 3 aromatic carbocycles. The molecule has 0 saturated carbocycles. The van der Waals surface area contributed by atoms with Crippen molar-refractivity contribution in [2.45, 2.75) is 0 Å². The second kappa shape index (κ2) is 8.71. The van der Waals surface area contributed by atoms with Crippen LogP contribution in [0.2, 0.25) is 5.02 Å². The molecule has 1 aromatic heterocycles. The lowest BCUT2D eigenvalue weighted by Gasteiger charge is -2.14. The lowest BCUT2D eigenvalue weighted by atomic mass is 10.2. The van der Waals surface area contributed by atoms with Gasteiger partial charge in [-0.2, -0.15) is 0 Å². The molecular weight excluding hydrogens is 630 g/mol. The first kappa shape index (κ1) is 20.8. The summed E-state index contributed by atoms with van der Waals surface area (Å²) in [6.07, 6.45) is 3.68. The highest BCUT2D eigenvalue weighted by Crippen LogP contribution is 2.27. The van der Waals surface area contributed by atoms with Gasteiger partial charge in [-0.25, -0.2) is 4.98 Å². The van der Waals surface area contributed by atoms with E-state index >= 15 is 0 Å². The summed E-state index contributed by atoms with van der Waals surface area (Å²) in [5.41, 5.74) is 2.07. The SMILES string of the molecule is O=c1c2cc(I)ccc2nc(C=Cc2ccccc2Cl)n1-c1cc(Br)ccc1Br. The van der Waals surface area contributed by atoms with Crippen molar-refractivity contribution in [1.29, 1.82) is 0 Å². The molecule has 1 heterocycles. The van der Waals surface area contributed by atoms with Gasteiger partial charge in [-0.3, -0.25) is 9.36 Å². The van der Waals surface area contributed by atoms with Crippen LogP contribution in [0.4, 0.5) is 0 Å². The van der Waals surface area contributed by atoms with Gasteiger partial charge in [-0.1, -0.05) is 45.7 Å². The van der Waals surface area contributed by atoms with Crippen LogP contribution in [0, 0.1) is 3.57 Å². The highest BCUT2D eigenvalue weighted by molar-refractivity contribution is 14.1. The van der Waals surface area contributed by atoms with Crippen LogP contribution in [0.5, 0.6) is 0 Å². The van der Waals surface area contributed by atoms with Crippen molar-refractivity contribution in [3.63, 3.8) is 0 Å². The van der Waals surface area contributed by atoms with Crippen molar-refractivity contribution in [2.75, 3.05) is 0 Å². The predicted molar refractivity (Wildman–Crippen MR) is 136 cm³/mol. The Morgan fingerprint density at radius 3 is 2.59 bits per heavy atom. The van der Waals surface area contributed by atoms with Gasteiger partial charge in [0.2, 0.25) is 0 Å². The molecule has 0 N–H and O–H groups in total. The van der Waals surface area contributed by atoms with Gasteiger partial charge >= 0.3 is 0 Å². The molecule has 0 saturated heterocycles. The zero-order chi connectivity index (χ0) is 20.5. The molecule has 0 spiro atoms. The minimum Gasteiger partial charge on any atom is -0.268 e. The number of hydrogen-bond donors (Lipinski definition) is 0. The van der Waals surface area contributed by atoms with E-state index in [4.69, 9.17) is 16.6 Å². The highest BCUT2D eigenvalue weighted by atomic mass is 127. The molecule has 0 atom stereocenters. The maximum Gasteiger partial charge on any atom is 0.266 e. The molecule has 3 nitrogen and oxygen atoms in total. The first-order chi connectivity index (χ1) is 13.9. The third kappa shape index (κ3) is 4.35. The summed E-state index contributed by atoms with van der Waals surface area (Å²) < 4.78 is 4.25. The van der Waals surface area contributed by atoms with Crippen LogP contribution in [0.3, 0.4) is 0 Å². The Morgan fingerprint density at radius 2 is 1.79 bits per heavy atom. The number of benzene rings is 3. The number of halogens is 4. The summed E-state index contributed by atoms with van der Waals surface area (Å²) in [5, 5.41) is 1.20. The Kier molecular flexibility index (Phi) is 6.24. The monoisotopic (exact) mass is 640 g/mol. The Bertz CT molecular complexity index is 1330. The molecule has 0 unspecified atom stereocenters. The molecule has 0 aliphatic carbocycles. The van der Waals surface area contributed by atoms with E-state index < -0.39 is 0 Å². The molecule has 144 valence electrons. The van der Waals surface area contributed by atoms with E-state index in [1.165, 1.54) is 0 Å². The van der Waals surface area contributed by atoms with Crippen LogP contribution in [0.25, 0.3) is 28.7 Å². The van der Waals surface area contributed by atoms with E-state index in [0.717, 1.165) is 18.1 Å². The van der Waals surface area contributed by atoms with Crippen molar-refractivity contribution >= 4 is 89.1 Å². The van der Waals surface area contributed by atoms with Crippen LogP contribution in [0.15, 0.2) is 74.4 Å². The lowest BCUT2D eigenvalue weighted by molar-refractivity contribution is 0.938. The number of fused-ring (bicyclic) bond motifs is 1. The summed E-state index contributed by atoms with van der Waals surface area (Å²) in [6, 6.07) is 18.9. The van der Waals surface area contributed by atoms with E-state index in [2.05, 4.69) is 54.5 Å². The van der Waals surface area contributed by atoms with Gasteiger partial charge in [-0.05, 0) is 98.7 Å². The first-order valence-corrected chi connectivity index (χ1v) is 11.6. The van der Waals surface area contributed by atoms with E-state index in [9.17, 15) is 4.79 Å². The highest BCUT2D eigenvalue weighted by Gasteiger charge is 2.14. The molecule has 4 aromatic rings. The average molecular weight is 643 g/mol. The van der Waals surface area contributed by atoms with Gasteiger partial charge in [0.05, 0.1) is 16.6 Å². The molecule has 0 amide bonds. The van der Waals surface area contributed by atoms with E-state index in [0.29, 0.717) is 27.4 Å². The number of hydrogen-bond acceptors (Lipinski definition) is 2. The smallest absolute Gasteiger partial charge is 0.266 e. The van der Waals surface area contributed by atoms with Crippen LogP contribution >= 0.6 is 66.1 Å². The van der Waals surface area contributed by atoms with Gasteiger partial charge in [-0.15, -0.1) is 0 Å². The van der Waals surface area contributed by atoms with Crippen molar-refractivity contribution in [3.05, 3.63) is 99.9 Å². The zero-order valence-electron chi connectivity index (χ0n) is 14.7. The van der Waals surface area contributed by atoms with Gasteiger partial charge < -0.3 is 0 Å². The van der Waals surface area contributed by atoms with E-state index in [1.807, 2.05) is 72.8 Å². The Morgan fingerprint density at radius 1 is 1.00 bits per heavy atom. The molecule has 7 heteroatoms. The Balaban J connectivity index is 2.02. The van der Waals surface area contributed by atoms with Crippen molar-refractivity contribution in [1.82, 2.24) is 9.55 Å². The van der Waals surface area contributed by atoms with E-state index in [-0.39, 0.29) is 5.56 Å². The standard InChI is InChI=1S/C22H12Br2ClIN2O/c23-14-6-8-17(24)20(11-14)28-21(10-5-13-3-1-2-4-18(13)25)27-19-9-7-15(26)12-16(19)22(28)29/h1-12H. The van der Waals surface area contributed by atoms with Gasteiger partial charge in [0.1, 0.15) is 5.82 Å². The molecule has 0 aliphatic heterocycles. The van der Waals surface area contributed by atoms with Crippen molar-refractivity contribution in [3.8, 4) is 5.69 Å². The summed E-state index contributed by atoms with van der Waals surface area (Å²) in [7, 11) is 0. The van der Waals surface area contributed by atoms with Crippen LogP contribution in [-0.4, -0.2) is 9.55 Å². The molecule has 0 radical (unpaired) electrons. The van der Waals surface area contributed by atoms with Gasteiger partial charge in [0, 0.05) is 17.5 Å². The quantitative estimate of drug-likeness (QED) is 0.219. The number of rotatable bonds is 3. The summed E-state index contributed by atoms with van der Waals surface area (Å²) >= 11 is 15.5. The average Bonchev–Trinajstić information content (AvgIpc) is 2.70. The maximum absolute atomic E-state index is 13.5. The number of aromatic nitrogens is 2. The second-order valence-corrected chi connectivity index (χ2v) is 9.65. The minimum absolute atomic E-state index is 0.133. The number of nitrogens with zero attached hydrogens (tertiary/aromatic N) is 2.